The second-order valence-corrected chi connectivity index (χ2v) is 4.87. The van der Waals surface area contributed by atoms with Gasteiger partial charge in [-0.25, -0.2) is 4.98 Å². The SMILES string of the molecule is CC(C)c1nc2cc(NCc3ccoc3)ccc2o1. The second-order valence-electron chi connectivity index (χ2n) is 4.87. The van der Waals surface area contributed by atoms with Crippen molar-refractivity contribution in [2.24, 2.45) is 0 Å². The fourth-order valence-corrected chi connectivity index (χ4v) is 1.90. The first-order valence-electron chi connectivity index (χ1n) is 6.38. The molecule has 0 amide bonds. The molecule has 3 aromatic rings. The van der Waals surface area contributed by atoms with Crippen LogP contribution in [0.5, 0.6) is 0 Å². The zero-order chi connectivity index (χ0) is 13.2. The maximum absolute atomic E-state index is 5.68. The van der Waals surface area contributed by atoms with Gasteiger partial charge in [0.25, 0.3) is 0 Å². The summed E-state index contributed by atoms with van der Waals surface area (Å²) in [6.45, 7) is 4.88. The highest BCUT2D eigenvalue weighted by molar-refractivity contribution is 5.77. The number of fused-ring (bicyclic) bond motifs is 1. The monoisotopic (exact) mass is 256 g/mol. The van der Waals surface area contributed by atoms with E-state index in [9.17, 15) is 0 Å². The molecule has 0 aliphatic rings. The Morgan fingerprint density at radius 2 is 2.16 bits per heavy atom. The lowest BCUT2D eigenvalue weighted by molar-refractivity contribution is 0.501. The summed E-state index contributed by atoms with van der Waals surface area (Å²) in [5.74, 6) is 1.08. The summed E-state index contributed by atoms with van der Waals surface area (Å²) in [5, 5.41) is 3.34. The zero-order valence-corrected chi connectivity index (χ0v) is 11.0. The van der Waals surface area contributed by atoms with E-state index in [2.05, 4.69) is 24.1 Å². The Morgan fingerprint density at radius 1 is 1.26 bits per heavy atom. The van der Waals surface area contributed by atoms with Crippen LogP contribution in [0, 0.1) is 0 Å². The zero-order valence-electron chi connectivity index (χ0n) is 11.0. The predicted molar refractivity (Wildman–Crippen MR) is 74.1 cm³/mol. The van der Waals surface area contributed by atoms with Gasteiger partial charge in [-0.1, -0.05) is 13.8 Å². The van der Waals surface area contributed by atoms with Gasteiger partial charge in [0.2, 0.25) is 0 Å². The first kappa shape index (κ1) is 11.8. The van der Waals surface area contributed by atoms with E-state index in [-0.39, 0.29) is 0 Å². The van der Waals surface area contributed by atoms with Crippen LogP contribution in [-0.4, -0.2) is 4.98 Å². The topological polar surface area (TPSA) is 51.2 Å². The number of nitrogens with zero attached hydrogens (tertiary/aromatic N) is 1. The first-order chi connectivity index (χ1) is 9.22. The standard InChI is InChI=1S/C15H16N2O2/c1-10(2)15-17-13-7-12(3-4-14(13)19-15)16-8-11-5-6-18-9-11/h3-7,9-10,16H,8H2,1-2H3. The van der Waals surface area contributed by atoms with Crippen LogP contribution < -0.4 is 5.32 Å². The minimum Gasteiger partial charge on any atom is -0.472 e. The molecule has 19 heavy (non-hydrogen) atoms. The van der Waals surface area contributed by atoms with Crippen molar-refractivity contribution in [3.63, 3.8) is 0 Å². The van der Waals surface area contributed by atoms with Gasteiger partial charge in [0.05, 0.1) is 12.5 Å². The lowest BCUT2D eigenvalue weighted by atomic mass is 10.2. The van der Waals surface area contributed by atoms with E-state index < -0.39 is 0 Å². The predicted octanol–water partition coefficient (Wildman–Crippen LogP) is 4.16. The third kappa shape index (κ3) is 2.47. The van der Waals surface area contributed by atoms with Crippen molar-refractivity contribution < 1.29 is 8.83 Å². The molecule has 0 unspecified atom stereocenters. The number of hydrogen-bond acceptors (Lipinski definition) is 4. The molecular formula is C15H16N2O2. The Balaban J connectivity index is 1.80. The molecule has 0 fully saturated rings. The molecule has 0 spiro atoms. The molecule has 0 radical (unpaired) electrons. The summed E-state index contributed by atoms with van der Waals surface area (Å²) >= 11 is 0. The van der Waals surface area contributed by atoms with Crippen molar-refractivity contribution in [1.29, 1.82) is 0 Å². The molecule has 0 saturated heterocycles. The van der Waals surface area contributed by atoms with Gasteiger partial charge in [-0.05, 0) is 24.3 Å². The smallest absolute Gasteiger partial charge is 0.198 e. The van der Waals surface area contributed by atoms with Crippen molar-refractivity contribution in [3.8, 4) is 0 Å². The minimum atomic E-state index is 0.301. The average molecular weight is 256 g/mol. The summed E-state index contributed by atoms with van der Waals surface area (Å²) < 4.78 is 10.7. The third-order valence-electron chi connectivity index (χ3n) is 2.97. The van der Waals surface area contributed by atoms with Gasteiger partial charge >= 0.3 is 0 Å². The van der Waals surface area contributed by atoms with Gasteiger partial charge in [-0.2, -0.15) is 0 Å². The number of aromatic nitrogens is 1. The van der Waals surface area contributed by atoms with Crippen LogP contribution in [0.1, 0.15) is 31.2 Å². The Morgan fingerprint density at radius 3 is 2.89 bits per heavy atom. The molecule has 98 valence electrons. The highest BCUT2D eigenvalue weighted by Crippen LogP contribution is 2.23. The molecule has 1 N–H and O–H groups in total. The van der Waals surface area contributed by atoms with Crippen molar-refractivity contribution in [3.05, 3.63) is 48.2 Å². The maximum atomic E-state index is 5.68. The number of benzene rings is 1. The van der Waals surface area contributed by atoms with Crippen LogP contribution in [0.25, 0.3) is 11.1 Å². The van der Waals surface area contributed by atoms with Gasteiger partial charge < -0.3 is 14.2 Å². The lowest BCUT2D eigenvalue weighted by Gasteiger charge is -2.03. The number of hydrogen-bond donors (Lipinski definition) is 1. The molecule has 0 saturated carbocycles. The third-order valence-corrected chi connectivity index (χ3v) is 2.97. The number of rotatable bonds is 4. The Kier molecular flexibility index (Phi) is 2.99. The van der Waals surface area contributed by atoms with Crippen LogP contribution in [0.15, 0.2) is 45.6 Å². The fraction of sp³-hybridized carbons (Fsp3) is 0.267. The van der Waals surface area contributed by atoms with Crippen LogP contribution >= 0.6 is 0 Å². The van der Waals surface area contributed by atoms with Gasteiger partial charge in [0, 0.05) is 23.7 Å². The minimum absolute atomic E-state index is 0.301. The van der Waals surface area contributed by atoms with Gasteiger partial charge in [-0.15, -0.1) is 0 Å². The molecular weight excluding hydrogens is 240 g/mol. The van der Waals surface area contributed by atoms with Gasteiger partial charge in [0.1, 0.15) is 5.52 Å². The number of oxazole rings is 1. The summed E-state index contributed by atoms with van der Waals surface area (Å²) in [4.78, 5) is 4.49. The summed E-state index contributed by atoms with van der Waals surface area (Å²) in [7, 11) is 0. The quantitative estimate of drug-likeness (QED) is 0.761. The molecule has 0 bridgehead atoms. The van der Waals surface area contributed by atoms with E-state index in [1.54, 1.807) is 12.5 Å². The van der Waals surface area contributed by atoms with Crippen LogP contribution in [0.3, 0.4) is 0 Å². The maximum Gasteiger partial charge on any atom is 0.198 e. The van der Waals surface area contributed by atoms with E-state index >= 15 is 0 Å². The molecule has 2 heterocycles. The van der Waals surface area contributed by atoms with Gasteiger partial charge in [0.15, 0.2) is 11.5 Å². The largest absolute Gasteiger partial charge is 0.472 e. The van der Waals surface area contributed by atoms with Crippen molar-refractivity contribution in [1.82, 2.24) is 4.98 Å². The summed E-state index contributed by atoms with van der Waals surface area (Å²) in [6.07, 6.45) is 3.41. The average Bonchev–Trinajstić information content (AvgIpc) is 3.04. The molecule has 0 aliphatic carbocycles. The molecule has 0 atom stereocenters. The second kappa shape index (κ2) is 4.80. The van der Waals surface area contributed by atoms with Gasteiger partial charge in [-0.3, -0.25) is 0 Å². The van der Waals surface area contributed by atoms with Crippen molar-refractivity contribution in [2.75, 3.05) is 5.32 Å². The van der Waals surface area contributed by atoms with Crippen molar-refractivity contribution in [2.45, 2.75) is 26.3 Å². The molecule has 0 aliphatic heterocycles. The van der Waals surface area contributed by atoms with E-state index in [1.807, 2.05) is 24.3 Å². The molecule has 1 aromatic carbocycles. The Labute approximate surface area is 111 Å². The van der Waals surface area contributed by atoms with Crippen LogP contribution in [-0.2, 0) is 6.54 Å². The highest BCUT2D eigenvalue weighted by Gasteiger charge is 2.09. The Hall–Kier alpha value is -2.23. The van der Waals surface area contributed by atoms with E-state index in [0.717, 1.165) is 34.8 Å². The highest BCUT2D eigenvalue weighted by atomic mass is 16.3. The number of nitrogens with one attached hydrogen (secondary N) is 1. The first-order valence-corrected chi connectivity index (χ1v) is 6.38. The normalized spacial score (nSPS) is 11.3. The summed E-state index contributed by atoms with van der Waals surface area (Å²) in [5.41, 5.74) is 3.86. The molecule has 2 aromatic heterocycles. The van der Waals surface area contributed by atoms with E-state index in [4.69, 9.17) is 8.83 Å². The van der Waals surface area contributed by atoms with Crippen LogP contribution in [0.2, 0.25) is 0 Å². The molecule has 4 heteroatoms. The Bertz CT molecular complexity index is 669. The fourth-order valence-electron chi connectivity index (χ4n) is 1.90. The van der Waals surface area contributed by atoms with E-state index in [1.165, 1.54) is 0 Å². The molecule has 4 nitrogen and oxygen atoms in total. The van der Waals surface area contributed by atoms with E-state index in [0.29, 0.717) is 5.92 Å². The van der Waals surface area contributed by atoms with Crippen molar-refractivity contribution >= 4 is 16.8 Å². The lowest BCUT2D eigenvalue weighted by Crippen LogP contribution is -1.97. The summed E-state index contributed by atoms with van der Waals surface area (Å²) in [6, 6.07) is 7.90. The number of furan rings is 1. The van der Waals surface area contributed by atoms with Crippen LogP contribution in [0.4, 0.5) is 5.69 Å². The molecule has 3 rings (SSSR count). The number of anilines is 1.